The van der Waals surface area contributed by atoms with E-state index in [0.717, 1.165) is 31.4 Å². The zero-order valence-electron chi connectivity index (χ0n) is 17.4. The molecule has 29 heavy (non-hydrogen) atoms. The Labute approximate surface area is 194 Å². The van der Waals surface area contributed by atoms with Gasteiger partial charge in [-0.2, -0.15) is 0 Å². The summed E-state index contributed by atoms with van der Waals surface area (Å²) in [5.74, 6) is 0.976. The molecule has 0 aliphatic carbocycles. The third-order valence-corrected chi connectivity index (χ3v) is 4.99. The van der Waals surface area contributed by atoms with Crippen molar-refractivity contribution in [2.45, 2.75) is 53.4 Å². The van der Waals surface area contributed by atoms with Gasteiger partial charge in [0.25, 0.3) is 0 Å². The Balaban J connectivity index is 2.27. The van der Waals surface area contributed by atoms with E-state index in [4.69, 9.17) is 60.7 Å². The third-order valence-electron chi connectivity index (χ3n) is 4.12. The second-order valence-corrected chi connectivity index (χ2v) is 9.37. The van der Waals surface area contributed by atoms with E-state index in [0.29, 0.717) is 34.8 Å². The first-order chi connectivity index (χ1) is 13.6. The van der Waals surface area contributed by atoms with E-state index in [1.54, 1.807) is 12.1 Å². The van der Waals surface area contributed by atoms with Crippen LogP contribution in [0.3, 0.4) is 0 Å². The Hall–Kier alpha value is -0.810. The maximum absolute atomic E-state index is 6.24. The van der Waals surface area contributed by atoms with Gasteiger partial charge in [-0.1, -0.05) is 72.3 Å². The lowest BCUT2D eigenvalue weighted by Crippen LogP contribution is -2.17. The standard InChI is InChI=1S/C21H29Cl4NO3/c1-15(21(2,3)4)26-29-11-8-6-5-7-10-28-20-17(22)13-16(14-18(20)23)27-12-9-19(24)25/h9,13-14H,5-8,10-12H2,1-4H3/b26-15+. The van der Waals surface area contributed by atoms with Gasteiger partial charge in [0.15, 0.2) is 5.75 Å². The van der Waals surface area contributed by atoms with E-state index >= 15 is 0 Å². The molecule has 0 saturated heterocycles. The van der Waals surface area contributed by atoms with Gasteiger partial charge in [-0.05, 0) is 38.7 Å². The highest BCUT2D eigenvalue weighted by Crippen LogP contribution is 2.37. The molecule has 0 radical (unpaired) electrons. The summed E-state index contributed by atoms with van der Waals surface area (Å²) >= 11 is 23.6. The van der Waals surface area contributed by atoms with Gasteiger partial charge < -0.3 is 14.3 Å². The van der Waals surface area contributed by atoms with Crippen molar-refractivity contribution in [3.8, 4) is 11.5 Å². The van der Waals surface area contributed by atoms with E-state index < -0.39 is 0 Å². The number of hydrogen-bond donors (Lipinski definition) is 0. The number of nitrogens with zero attached hydrogens (tertiary/aromatic N) is 1. The zero-order valence-corrected chi connectivity index (χ0v) is 20.4. The molecule has 8 heteroatoms. The average Bonchev–Trinajstić information content (AvgIpc) is 2.60. The second-order valence-electron chi connectivity index (χ2n) is 7.54. The highest BCUT2D eigenvalue weighted by atomic mass is 35.5. The van der Waals surface area contributed by atoms with Crippen LogP contribution < -0.4 is 9.47 Å². The summed E-state index contributed by atoms with van der Waals surface area (Å²) in [6.45, 7) is 9.71. The molecule has 0 aromatic heterocycles. The first kappa shape index (κ1) is 26.2. The molecule has 0 heterocycles. The van der Waals surface area contributed by atoms with E-state index in [2.05, 4.69) is 25.9 Å². The molecule has 164 valence electrons. The minimum absolute atomic E-state index is 0.0408. The highest BCUT2D eigenvalue weighted by molar-refractivity contribution is 6.55. The van der Waals surface area contributed by atoms with E-state index in [1.807, 2.05) is 6.92 Å². The monoisotopic (exact) mass is 483 g/mol. The van der Waals surface area contributed by atoms with E-state index in [-0.39, 0.29) is 16.5 Å². The summed E-state index contributed by atoms with van der Waals surface area (Å²) in [4.78, 5) is 5.37. The summed E-state index contributed by atoms with van der Waals surface area (Å²) in [5.41, 5.74) is 1.04. The zero-order chi connectivity index (χ0) is 21.9. The van der Waals surface area contributed by atoms with Crippen LogP contribution in [0.1, 0.15) is 53.4 Å². The molecule has 0 aliphatic rings. The number of rotatable bonds is 12. The van der Waals surface area contributed by atoms with Gasteiger partial charge in [0.05, 0.1) is 22.4 Å². The second kappa shape index (κ2) is 13.5. The Morgan fingerprint density at radius 1 is 0.966 bits per heavy atom. The van der Waals surface area contributed by atoms with Crippen LogP contribution in [0, 0.1) is 5.41 Å². The lowest BCUT2D eigenvalue weighted by molar-refractivity contribution is 0.136. The van der Waals surface area contributed by atoms with Gasteiger partial charge in [0.2, 0.25) is 0 Å². The molecule has 1 aromatic rings. The molecule has 0 aliphatic heterocycles. The summed E-state index contributed by atoms with van der Waals surface area (Å²) in [5, 5.41) is 4.95. The van der Waals surface area contributed by atoms with Crippen LogP contribution in [0.15, 0.2) is 27.9 Å². The van der Waals surface area contributed by atoms with Gasteiger partial charge in [0.1, 0.15) is 23.5 Å². The van der Waals surface area contributed by atoms with E-state index in [1.165, 1.54) is 6.08 Å². The van der Waals surface area contributed by atoms with Crippen molar-refractivity contribution in [3.05, 3.63) is 32.7 Å². The molecule has 0 N–H and O–H groups in total. The van der Waals surface area contributed by atoms with Crippen LogP contribution in [0.2, 0.25) is 10.0 Å². The Bertz CT molecular complexity index is 673. The number of oxime groups is 1. The molecule has 0 bridgehead atoms. The first-order valence-corrected chi connectivity index (χ1v) is 11.0. The number of halogens is 4. The lowest BCUT2D eigenvalue weighted by Gasteiger charge is -2.16. The summed E-state index contributed by atoms with van der Waals surface area (Å²) in [7, 11) is 0. The Morgan fingerprint density at radius 2 is 1.55 bits per heavy atom. The molecule has 1 aromatic carbocycles. The van der Waals surface area contributed by atoms with Crippen molar-refractivity contribution in [2.75, 3.05) is 19.8 Å². The van der Waals surface area contributed by atoms with Crippen LogP contribution in [0.4, 0.5) is 0 Å². The molecule has 1 rings (SSSR count). The number of unbranched alkanes of at least 4 members (excludes halogenated alkanes) is 3. The normalized spacial score (nSPS) is 11.9. The van der Waals surface area contributed by atoms with E-state index in [9.17, 15) is 0 Å². The molecular formula is C21H29Cl4NO3. The lowest BCUT2D eigenvalue weighted by atomic mass is 9.91. The highest BCUT2D eigenvalue weighted by Gasteiger charge is 2.14. The molecule has 0 atom stereocenters. The topological polar surface area (TPSA) is 40.0 Å². The summed E-state index contributed by atoms with van der Waals surface area (Å²) < 4.78 is 11.3. The van der Waals surface area contributed by atoms with Crippen molar-refractivity contribution >= 4 is 52.1 Å². The van der Waals surface area contributed by atoms with Crippen LogP contribution in [0.5, 0.6) is 11.5 Å². The number of hydrogen-bond acceptors (Lipinski definition) is 4. The third kappa shape index (κ3) is 11.2. The maximum atomic E-state index is 6.24. The SMILES string of the molecule is C/C(=N\OCCCCCCOc1c(Cl)cc(OCC=C(Cl)Cl)cc1Cl)C(C)(C)C. The van der Waals surface area contributed by atoms with Crippen LogP contribution in [-0.2, 0) is 4.84 Å². The molecule has 0 saturated carbocycles. The molecule has 0 unspecified atom stereocenters. The van der Waals surface area contributed by atoms with Crippen molar-refractivity contribution in [1.29, 1.82) is 0 Å². The fourth-order valence-corrected chi connectivity index (χ4v) is 2.74. The van der Waals surface area contributed by atoms with Gasteiger partial charge in [-0.25, -0.2) is 0 Å². The average molecular weight is 485 g/mol. The maximum Gasteiger partial charge on any atom is 0.156 e. The number of benzene rings is 1. The number of ether oxygens (including phenoxy) is 2. The van der Waals surface area contributed by atoms with Crippen molar-refractivity contribution in [2.24, 2.45) is 10.6 Å². The minimum Gasteiger partial charge on any atom is -0.490 e. The molecule has 0 amide bonds. The summed E-state index contributed by atoms with van der Waals surface area (Å²) in [6.07, 6.45) is 5.44. The predicted molar refractivity (Wildman–Crippen MR) is 124 cm³/mol. The van der Waals surface area contributed by atoms with Crippen molar-refractivity contribution in [3.63, 3.8) is 0 Å². The van der Waals surface area contributed by atoms with Gasteiger partial charge in [-0.15, -0.1) is 0 Å². The fourth-order valence-electron chi connectivity index (χ4n) is 2.03. The quantitative estimate of drug-likeness (QED) is 0.171. The Morgan fingerprint density at radius 3 is 2.10 bits per heavy atom. The van der Waals surface area contributed by atoms with Gasteiger partial charge >= 0.3 is 0 Å². The molecule has 0 fully saturated rings. The molecular weight excluding hydrogens is 456 g/mol. The van der Waals surface area contributed by atoms with Crippen LogP contribution >= 0.6 is 46.4 Å². The molecule has 0 spiro atoms. The van der Waals surface area contributed by atoms with Crippen molar-refractivity contribution in [1.82, 2.24) is 0 Å². The van der Waals surface area contributed by atoms with Gasteiger partial charge in [-0.3, -0.25) is 0 Å². The smallest absolute Gasteiger partial charge is 0.156 e. The Kier molecular flexibility index (Phi) is 12.2. The van der Waals surface area contributed by atoms with Gasteiger partial charge in [0, 0.05) is 17.5 Å². The van der Waals surface area contributed by atoms with Crippen molar-refractivity contribution < 1.29 is 14.3 Å². The molecule has 4 nitrogen and oxygen atoms in total. The van der Waals surface area contributed by atoms with Crippen LogP contribution in [0.25, 0.3) is 0 Å². The van der Waals surface area contributed by atoms with Crippen LogP contribution in [-0.4, -0.2) is 25.5 Å². The fraction of sp³-hybridized carbons (Fsp3) is 0.571. The largest absolute Gasteiger partial charge is 0.490 e. The first-order valence-electron chi connectivity index (χ1n) is 9.54. The predicted octanol–water partition coefficient (Wildman–Crippen LogP) is 8.07. The summed E-state index contributed by atoms with van der Waals surface area (Å²) in [6, 6.07) is 3.30. The minimum atomic E-state index is 0.0408.